The topological polar surface area (TPSA) is 136 Å². The SMILES string of the molecule is Cc1cc(CN)cc(O[C@H]2CCCN(C(=O)c3cc(=O)c4ccccc4o3)C2)n1.O=C(O)C(F)(F)F. The summed E-state index contributed by atoms with van der Waals surface area (Å²) in [7, 11) is 0. The van der Waals surface area contributed by atoms with Crippen molar-refractivity contribution in [2.45, 2.75) is 38.6 Å². The number of piperidine rings is 1. The summed E-state index contributed by atoms with van der Waals surface area (Å²) in [5.74, 6) is -2.50. The van der Waals surface area contributed by atoms with E-state index in [0.717, 1.165) is 24.1 Å². The summed E-state index contributed by atoms with van der Waals surface area (Å²) in [5.41, 5.74) is 7.70. The van der Waals surface area contributed by atoms with Gasteiger partial charge in [0.15, 0.2) is 11.2 Å². The molecule has 0 saturated carbocycles. The molecule has 1 fully saturated rings. The third-order valence-corrected chi connectivity index (χ3v) is 5.27. The lowest BCUT2D eigenvalue weighted by molar-refractivity contribution is -0.192. The fraction of sp³-hybridized carbons (Fsp3) is 0.333. The van der Waals surface area contributed by atoms with Crippen molar-refractivity contribution in [1.29, 1.82) is 0 Å². The molecular weight excluding hydrogens is 483 g/mol. The average molecular weight is 507 g/mol. The highest BCUT2D eigenvalue weighted by atomic mass is 19.4. The zero-order valence-corrected chi connectivity index (χ0v) is 19.2. The molecule has 0 spiro atoms. The summed E-state index contributed by atoms with van der Waals surface area (Å²) in [6.45, 7) is 3.30. The molecule has 9 nitrogen and oxygen atoms in total. The molecular formula is C24H24F3N3O6. The first-order valence-electron chi connectivity index (χ1n) is 10.9. The van der Waals surface area contributed by atoms with Gasteiger partial charge in [0, 0.05) is 30.9 Å². The maximum atomic E-state index is 13.0. The number of rotatable bonds is 4. The van der Waals surface area contributed by atoms with Crippen LogP contribution in [0.5, 0.6) is 5.88 Å². The zero-order chi connectivity index (χ0) is 26.5. The largest absolute Gasteiger partial charge is 0.490 e. The van der Waals surface area contributed by atoms with E-state index >= 15 is 0 Å². The van der Waals surface area contributed by atoms with Crippen LogP contribution in [0.15, 0.2) is 51.7 Å². The number of carboxylic acid groups (broad SMARTS) is 1. The minimum absolute atomic E-state index is 0.0495. The average Bonchev–Trinajstić information content (AvgIpc) is 2.83. The van der Waals surface area contributed by atoms with Gasteiger partial charge in [-0.15, -0.1) is 0 Å². The second kappa shape index (κ2) is 11.2. The number of para-hydroxylation sites is 1. The number of alkyl halides is 3. The first-order valence-corrected chi connectivity index (χ1v) is 10.9. The van der Waals surface area contributed by atoms with Gasteiger partial charge in [-0.1, -0.05) is 12.1 Å². The number of aromatic nitrogens is 1. The van der Waals surface area contributed by atoms with E-state index in [2.05, 4.69) is 4.98 Å². The molecule has 0 bridgehead atoms. The Kier molecular flexibility index (Phi) is 8.30. The van der Waals surface area contributed by atoms with Gasteiger partial charge >= 0.3 is 12.1 Å². The van der Waals surface area contributed by atoms with Crippen LogP contribution in [-0.2, 0) is 11.3 Å². The Bertz CT molecular complexity index is 1310. The number of likely N-dealkylation sites (tertiary alicyclic amines) is 1. The van der Waals surface area contributed by atoms with E-state index in [0.29, 0.717) is 36.5 Å². The lowest BCUT2D eigenvalue weighted by Crippen LogP contribution is -2.44. The normalized spacial score (nSPS) is 15.7. The molecule has 0 unspecified atom stereocenters. The maximum absolute atomic E-state index is 13.0. The number of carbonyl (C=O) groups excluding carboxylic acids is 1. The number of fused-ring (bicyclic) bond motifs is 1. The number of pyridine rings is 1. The first-order chi connectivity index (χ1) is 17.0. The van der Waals surface area contributed by atoms with Crippen molar-refractivity contribution in [2.24, 2.45) is 5.73 Å². The minimum atomic E-state index is -5.08. The van der Waals surface area contributed by atoms with Crippen LogP contribution in [0.3, 0.4) is 0 Å². The number of hydrogen-bond donors (Lipinski definition) is 2. The highest BCUT2D eigenvalue weighted by Gasteiger charge is 2.38. The molecule has 3 heterocycles. The Balaban J connectivity index is 0.000000454. The van der Waals surface area contributed by atoms with Crippen LogP contribution >= 0.6 is 0 Å². The predicted octanol–water partition coefficient (Wildman–Crippen LogP) is 3.27. The van der Waals surface area contributed by atoms with Crippen molar-refractivity contribution in [3.05, 3.63) is 69.7 Å². The van der Waals surface area contributed by atoms with E-state index in [4.69, 9.17) is 24.8 Å². The molecule has 36 heavy (non-hydrogen) atoms. The lowest BCUT2D eigenvalue weighted by atomic mass is 10.1. The first kappa shape index (κ1) is 26.7. The van der Waals surface area contributed by atoms with Crippen molar-refractivity contribution < 1.29 is 37.0 Å². The van der Waals surface area contributed by atoms with Crippen LogP contribution in [0.25, 0.3) is 11.0 Å². The molecule has 1 amide bonds. The van der Waals surface area contributed by atoms with Crippen LogP contribution < -0.4 is 15.9 Å². The molecule has 1 aromatic carbocycles. The van der Waals surface area contributed by atoms with E-state index in [1.165, 1.54) is 6.07 Å². The molecule has 3 aromatic rings. The number of carboxylic acids is 1. The molecule has 0 aliphatic carbocycles. The molecule has 1 saturated heterocycles. The van der Waals surface area contributed by atoms with Gasteiger partial charge in [-0.2, -0.15) is 13.2 Å². The van der Waals surface area contributed by atoms with Crippen molar-refractivity contribution in [2.75, 3.05) is 13.1 Å². The van der Waals surface area contributed by atoms with Crippen LogP contribution in [0.2, 0.25) is 0 Å². The van der Waals surface area contributed by atoms with Gasteiger partial charge in [-0.05, 0) is 43.5 Å². The molecule has 1 aliphatic heterocycles. The maximum Gasteiger partial charge on any atom is 0.490 e. The number of halogens is 3. The Morgan fingerprint density at radius 2 is 1.94 bits per heavy atom. The fourth-order valence-corrected chi connectivity index (χ4v) is 3.64. The summed E-state index contributed by atoms with van der Waals surface area (Å²) < 4.78 is 43.5. The minimum Gasteiger partial charge on any atom is -0.475 e. The van der Waals surface area contributed by atoms with Crippen LogP contribution in [0.1, 0.15) is 34.7 Å². The van der Waals surface area contributed by atoms with Crippen LogP contribution in [0.4, 0.5) is 13.2 Å². The molecule has 3 N–H and O–H groups in total. The van der Waals surface area contributed by atoms with E-state index in [9.17, 15) is 22.8 Å². The third kappa shape index (κ3) is 6.81. The molecule has 1 aliphatic rings. The third-order valence-electron chi connectivity index (χ3n) is 5.27. The van der Waals surface area contributed by atoms with Gasteiger partial charge in [0.05, 0.1) is 11.9 Å². The highest BCUT2D eigenvalue weighted by molar-refractivity contribution is 5.93. The molecule has 4 rings (SSSR count). The number of benzene rings is 1. The van der Waals surface area contributed by atoms with Gasteiger partial charge in [-0.25, -0.2) is 9.78 Å². The fourth-order valence-electron chi connectivity index (χ4n) is 3.64. The molecule has 1 atom stereocenters. The number of aryl methyl sites for hydroxylation is 1. The Hall–Kier alpha value is -3.93. The smallest absolute Gasteiger partial charge is 0.475 e. The highest BCUT2D eigenvalue weighted by Crippen LogP contribution is 2.21. The van der Waals surface area contributed by atoms with Crippen molar-refractivity contribution in [3.63, 3.8) is 0 Å². The number of hydrogen-bond acceptors (Lipinski definition) is 7. The van der Waals surface area contributed by atoms with Crippen molar-refractivity contribution in [1.82, 2.24) is 9.88 Å². The van der Waals surface area contributed by atoms with E-state index in [1.54, 1.807) is 29.2 Å². The standard InChI is InChI=1S/C22H23N3O4.C2HF3O2/c1-14-9-15(12-23)10-21(24-14)28-16-5-4-8-25(13-16)22(27)20-11-18(26)17-6-2-3-7-19(17)29-20;3-2(4,5)1(6)7/h2-3,6-7,9-11,16H,4-5,8,12-13,23H2,1H3;(H,6,7)/t16-;/m0./s1. The number of amides is 1. The molecule has 2 aromatic heterocycles. The summed E-state index contributed by atoms with van der Waals surface area (Å²) in [4.78, 5) is 40.2. The second-order valence-electron chi connectivity index (χ2n) is 8.07. The van der Waals surface area contributed by atoms with Gasteiger partial charge in [0.25, 0.3) is 5.91 Å². The van der Waals surface area contributed by atoms with Crippen LogP contribution in [-0.4, -0.2) is 52.2 Å². The van der Waals surface area contributed by atoms with Gasteiger partial charge in [0.1, 0.15) is 11.7 Å². The van der Waals surface area contributed by atoms with E-state index in [-0.39, 0.29) is 23.2 Å². The summed E-state index contributed by atoms with van der Waals surface area (Å²) in [6, 6.07) is 11.9. The van der Waals surface area contributed by atoms with Crippen molar-refractivity contribution in [3.8, 4) is 5.88 Å². The molecule has 0 radical (unpaired) electrons. The number of nitrogens with two attached hydrogens (primary N) is 1. The number of nitrogens with zero attached hydrogens (tertiary/aromatic N) is 2. The molecule has 12 heteroatoms. The monoisotopic (exact) mass is 507 g/mol. The summed E-state index contributed by atoms with van der Waals surface area (Å²) >= 11 is 0. The Labute approximate surface area is 203 Å². The van der Waals surface area contributed by atoms with Gasteiger partial charge in [-0.3, -0.25) is 9.59 Å². The zero-order valence-electron chi connectivity index (χ0n) is 19.2. The summed E-state index contributed by atoms with van der Waals surface area (Å²) in [5, 5.41) is 7.59. The quantitative estimate of drug-likeness (QED) is 0.549. The Morgan fingerprint density at radius 1 is 1.25 bits per heavy atom. The molecule has 192 valence electrons. The van der Waals surface area contributed by atoms with Gasteiger partial charge < -0.3 is 24.9 Å². The second-order valence-corrected chi connectivity index (χ2v) is 8.07. The van der Waals surface area contributed by atoms with E-state index < -0.39 is 12.1 Å². The number of aliphatic carboxylic acids is 1. The summed E-state index contributed by atoms with van der Waals surface area (Å²) in [6.07, 6.45) is -3.65. The van der Waals surface area contributed by atoms with E-state index in [1.807, 2.05) is 19.1 Å². The van der Waals surface area contributed by atoms with Crippen molar-refractivity contribution >= 4 is 22.8 Å². The van der Waals surface area contributed by atoms with Crippen LogP contribution in [0, 0.1) is 6.92 Å². The predicted molar refractivity (Wildman–Crippen MR) is 123 cm³/mol. The number of ether oxygens (including phenoxy) is 1. The Morgan fingerprint density at radius 3 is 2.61 bits per heavy atom. The number of carbonyl (C=O) groups is 2. The van der Waals surface area contributed by atoms with Gasteiger partial charge in [0.2, 0.25) is 5.88 Å². The lowest BCUT2D eigenvalue weighted by Gasteiger charge is -2.32.